The number of benzene rings is 2. The lowest BCUT2D eigenvalue weighted by molar-refractivity contribution is -0.111. The number of aromatic nitrogens is 1. The summed E-state index contributed by atoms with van der Waals surface area (Å²) in [6.45, 7) is 4.09. The molecular formula is C19H18N2O2S. The second-order valence-electron chi connectivity index (χ2n) is 5.54. The Morgan fingerprint density at radius 3 is 2.67 bits per heavy atom. The lowest BCUT2D eigenvalue weighted by Gasteiger charge is -1.99. The molecule has 0 spiro atoms. The lowest BCUT2D eigenvalue weighted by Crippen LogP contribution is -2.07. The third-order valence-corrected chi connectivity index (χ3v) is 4.52. The maximum atomic E-state index is 12.1. The van der Waals surface area contributed by atoms with Crippen LogP contribution in [0.25, 0.3) is 16.3 Å². The number of thiazole rings is 1. The van der Waals surface area contributed by atoms with Crippen LogP contribution in [-0.4, -0.2) is 18.0 Å². The predicted octanol–water partition coefficient (Wildman–Crippen LogP) is 4.57. The van der Waals surface area contributed by atoms with E-state index in [9.17, 15) is 4.79 Å². The fraction of sp³-hybridized carbons (Fsp3) is 0.158. The summed E-state index contributed by atoms with van der Waals surface area (Å²) in [4.78, 5) is 16.6. The fourth-order valence-electron chi connectivity index (χ4n) is 2.46. The van der Waals surface area contributed by atoms with E-state index in [0.717, 1.165) is 27.1 Å². The number of hydrogen-bond donors (Lipinski definition) is 1. The van der Waals surface area contributed by atoms with Gasteiger partial charge in [-0.3, -0.25) is 10.1 Å². The predicted molar refractivity (Wildman–Crippen MR) is 99.8 cm³/mol. The molecule has 0 fully saturated rings. The molecule has 3 rings (SSSR count). The van der Waals surface area contributed by atoms with Crippen LogP contribution in [0.3, 0.4) is 0 Å². The fourth-order valence-corrected chi connectivity index (χ4v) is 3.50. The van der Waals surface area contributed by atoms with Crippen LogP contribution < -0.4 is 10.1 Å². The van der Waals surface area contributed by atoms with Gasteiger partial charge in [-0.2, -0.15) is 0 Å². The topological polar surface area (TPSA) is 51.2 Å². The zero-order valence-corrected chi connectivity index (χ0v) is 14.6. The van der Waals surface area contributed by atoms with Crippen LogP contribution in [0.5, 0.6) is 5.75 Å². The van der Waals surface area contributed by atoms with Gasteiger partial charge < -0.3 is 4.74 Å². The van der Waals surface area contributed by atoms with E-state index in [1.807, 2.05) is 31.2 Å². The lowest BCUT2D eigenvalue weighted by atomic mass is 10.1. The maximum Gasteiger partial charge on any atom is 0.250 e. The molecule has 2 aromatic carbocycles. The van der Waals surface area contributed by atoms with Crippen molar-refractivity contribution in [3.8, 4) is 5.75 Å². The van der Waals surface area contributed by atoms with Crippen molar-refractivity contribution in [2.24, 2.45) is 0 Å². The first kappa shape index (κ1) is 16.2. The monoisotopic (exact) mass is 338 g/mol. The minimum Gasteiger partial charge on any atom is -0.497 e. The number of anilines is 1. The summed E-state index contributed by atoms with van der Waals surface area (Å²) in [5.74, 6) is 0.594. The summed E-state index contributed by atoms with van der Waals surface area (Å²) in [5.41, 5.74) is 4.19. The highest BCUT2D eigenvalue weighted by Crippen LogP contribution is 2.29. The zero-order chi connectivity index (χ0) is 17.1. The molecule has 0 saturated carbocycles. The molecule has 1 aromatic heterocycles. The van der Waals surface area contributed by atoms with Crippen molar-refractivity contribution in [1.29, 1.82) is 0 Å². The summed E-state index contributed by atoms with van der Waals surface area (Å²) >= 11 is 1.49. The highest BCUT2D eigenvalue weighted by Gasteiger charge is 2.08. The highest BCUT2D eigenvalue weighted by molar-refractivity contribution is 7.22. The number of amides is 1. The largest absolute Gasteiger partial charge is 0.497 e. The zero-order valence-electron chi connectivity index (χ0n) is 13.8. The molecule has 0 radical (unpaired) electrons. The van der Waals surface area contributed by atoms with Crippen molar-refractivity contribution in [3.05, 3.63) is 59.2 Å². The van der Waals surface area contributed by atoms with Gasteiger partial charge >= 0.3 is 0 Å². The number of nitrogens with one attached hydrogen (secondary N) is 1. The van der Waals surface area contributed by atoms with Crippen molar-refractivity contribution in [2.75, 3.05) is 12.4 Å². The van der Waals surface area contributed by atoms with Gasteiger partial charge in [0.2, 0.25) is 5.91 Å². The maximum absolute atomic E-state index is 12.1. The Morgan fingerprint density at radius 2 is 1.96 bits per heavy atom. The smallest absolute Gasteiger partial charge is 0.250 e. The van der Waals surface area contributed by atoms with Crippen LogP contribution in [0.1, 0.15) is 16.7 Å². The standard InChI is InChI=1S/C19H18N2O2S/c1-12-10-13(2)18-16(11-12)24-19(21-18)20-17(22)9-6-14-4-7-15(23-3)8-5-14/h4-11H,1-3H3,(H,20,21,22)/b9-6+. The Hall–Kier alpha value is -2.66. The van der Waals surface area contributed by atoms with Gasteiger partial charge in [0.05, 0.1) is 17.3 Å². The normalized spacial score (nSPS) is 11.1. The summed E-state index contributed by atoms with van der Waals surface area (Å²) in [6.07, 6.45) is 3.27. The van der Waals surface area contributed by atoms with Crippen molar-refractivity contribution in [3.63, 3.8) is 0 Å². The summed E-state index contributed by atoms with van der Waals surface area (Å²) < 4.78 is 6.20. The van der Waals surface area contributed by atoms with Crippen molar-refractivity contribution in [2.45, 2.75) is 13.8 Å². The van der Waals surface area contributed by atoms with E-state index >= 15 is 0 Å². The molecule has 0 bridgehead atoms. The number of hydrogen-bond acceptors (Lipinski definition) is 4. The van der Waals surface area contributed by atoms with E-state index in [4.69, 9.17) is 4.74 Å². The molecule has 0 atom stereocenters. The van der Waals surface area contributed by atoms with Crippen molar-refractivity contribution >= 4 is 38.7 Å². The molecule has 0 aliphatic rings. The van der Waals surface area contributed by atoms with Crippen LogP contribution in [0.2, 0.25) is 0 Å². The van der Waals surface area contributed by atoms with Crippen LogP contribution in [0.4, 0.5) is 5.13 Å². The number of aryl methyl sites for hydroxylation is 2. The van der Waals surface area contributed by atoms with E-state index in [2.05, 4.69) is 29.4 Å². The summed E-state index contributed by atoms with van der Waals surface area (Å²) in [6, 6.07) is 11.7. The quantitative estimate of drug-likeness (QED) is 0.709. The minimum absolute atomic E-state index is 0.195. The van der Waals surface area contributed by atoms with E-state index in [1.165, 1.54) is 23.0 Å². The van der Waals surface area contributed by atoms with E-state index in [-0.39, 0.29) is 5.91 Å². The molecule has 1 heterocycles. The van der Waals surface area contributed by atoms with Crippen molar-refractivity contribution < 1.29 is 9.53 Å². The average Bonchev–Trinajstić information content (AvgIpc) is 2.96. The highest BCUT2D eigenvalue weighted by atomic mass is 32.1. The minimum atomic E-state index is -0.195. The molecular weight excluding hydrogens is 320 g/mol. The first-order chi connectivity index (χ1) is 11.5. The van der Waals surface area contributed by atoms with Crippen LogP contribution in [0, 0.1) is 13.8 Å². The SMILES string of the molecule is COc1ccc(/C=C/C(=O)Nc2nc3c(C)cc(C)cc3s2)cc1. The van der Waals surface area contributed by atoms with Gasteiger partial charge in [-0.15, -0.1) is 0 Å². The third kappa shape index (κ3) is 3.63. The van der Waals surface area contributed by atoms with Gasteiger partial charge in [0, 0.05) is 6.08 Å². The number of carbonyl (C=O) groups excluding carboxylic acids is 1. The molecule has 0 aliphatic heterocycles. The van der Waals surface area contributed by atoms with E-state index < -0.39 is 0 Å². The molecule has 1 amide bonds. The van der Waals surface area contributed by atoms with Crippen LogP contribution in [-0.2, 0) is 4.79 Å². The molecule has 3 aromatic rings. The van der Waals surface area contributed by atoms with Gasteiger partial charge in [0.1, 0.15) is 5.75 Å². The molecule has 4 nitrogen and oxygen atoms in total. The Kier molecular flexibility index (Phi) is 4.62. The van der Waals surface area contributed by atoms with E-state index in [1.54, 1.807) is 13.2 Å². The molecule has 122 valence electrons. The Balaban J connectivity index is 1.72. The number of ether oxygens (including phenoxy) is 1. The van der Waals surface area contributed by atoms with Crippen LogP contribution >= 0.6 is 11.3 Å². The molecule has 0 saturated heterocycles. The summed E-state index contributed by atoms with van der Waals surface area (Å²) in [7, 11) is 1.62. The molecule has 1 N–H and O–H groups in total. The average molecular weight is 338 g/mol. The second kappa shape index (κ2) is 6.84. The number of rotatable bonds is 4. The van der Waals surface area contributed by atoms with Gasteiger partial charge in [-0.1, -0.05) is 29.5 Å². The van der Waals surface area contributed by atoms with Crippen LogP contribution in [0.15, 0.2) is 42.5 Å². The number of carbonyl (C=O) groups is 1. The summed E-state index contributed by atoms with van der Waals surface area (Å²) in [5, 5.41) is 3.44. The Labute approximate surface area is 144 Å². The Bertz CT molecular complexity index is 911. The van der Waals surface area contributed by atoms with Gasteiger partial charge in [-0.25, -0.2) is 4.98 Å². The van der Waals surface area contributed by atoms with Gasteiger partial charge in [-0.05, 0) is 54.8 Å². The van der Waals surface area contributed by atoms with E-state index in [0.29, 0.717) is 5.13 Å². The van der Waals surface area contributed by atoms with Crippen molar-refractivity contribution in [1.82, 2.24) is 4.98 Å². The number of nitrogens with zero attached hydrogens (tertiary/aromatic N) is 1. The Morgan fingerprint density at radius 1 is 1.21 bits per heavy atom. The third-order valence-electron chi connectivity index (χ3n) is 3.60. The number of methoxy groups -OCH3 is 1. The number of fused-ring (bicyclic) bond motifs is 1. The second-order valence-corrected chi connectivity index (χ2v) is 6.57. The first-order valence-electron chi connectivity index (χ1n) is 7.56. The molecule has 24 heavy (non-hydrogen) atoms. The van der Waals surface area contributed by atoms with Gasteiger partial charge in [0.25, 0.3) is 0 Å². The molecule has 0 unspecified atom stereocenters. The van der Waals surface area contributed by atoms with Gasteiger partial charge in [0.15, 0.2) is 5.13 Å². The molecule has 0 aliphatic carbocycles. The first-order valence-corrected chi connectivity index (χ1v) is 8.38. The molecule has 5 heteroatoms.